The fraction of sp³-hybridized carbons (Fsp3) is 0.455. The van der Waals surface area contributed by atoms with Crippen LogP contribution in [-0.4, -0.2) is 6.04 Å². The van der Waals surface area contributed by atoms with Crippen LogP contribution in [0.25, 0.3) is 21.9 Å². The second-order valence-electron chi connectivity index (χ2n) is 8.37. The number of furan rings is 1. The maximum Gasteiger partial charge on any atom is 0.135 e. The second kappa shape index (κ2) is 5.84. The molecule has 24 heavy (non-hydrogen) atoms. The number of anilines is 1. The zero-order valence-electron chi connectivity index (χ0n) is 14.9. The Morgan fingerprint density at radius 3 is 2.33 bits per heavy atom. The number of rotatable bonds is 2. The maximum atomic E-state index is 5.92. The van der Waals surface area contributed by atoms with Crippen molar-refractivity contribution in [3.63, 3.8) is 0 Å². The SMILES string of the molecule is CC(C)(C)C1CCC(Nc2ccc3oc4ccccc4c3c2)CC1. The molecule has 0 unspecified atom stereocenters. The van der Waals surface area contributed by atoms with Gasteiger partial charge in [-0.15, -0.1) is 0 Å². The third-order valence-corrected chi connectivity index (χ3v) is 5.70. The molecule has 1 saturated carbocycles. The molecule has 2 nitrogen and oxygen atoms in total. The zero-order chi connectivity index (χ0) is 16.7. The van der Waals surface area contributed by atoms with E-state index in [1.807, 2.05) is 12.1 Å². The van der Waals surface area contributed by atoms with Crippen LogP contribution in [-0.2, 0) is 0 Å². The lowest BCUT2D eigenvalue weighted by atomic mass is 9.71. The number of nitrogens with one attached hydrogen (secondary N) is 1. The Balaban J connectivity index is 1.52. The first-order valence-corrected chi connectivity index (χ1v) is 9.18. The monoisotopic (exact) mass is 321 g/mol. The minimum atomic E-state index is 0.444. The number of hydrogen-bond donors (Lipinski definition) is 1. The first-order chi connectivity index (χ1) is 11.5. The summed E-state index contributed by atoms with van der Waals surface area (Å²) in [6.07, 6.45) is 5.20. The summed E-state index contributed by atoms with van der Waals surface area (Å²) in [7, 11) is 0. The highest BCUT2D eigenvalue weighted by molar-refractivity contribution is 6.05. The first-order valence-electron chi connectivity index (χ1n) is 9.18. The van der Waals surface area contributed by atoms with Crippen molar-refractivity contribution < 1.29 is 4.42 Å². The minimum Gasteiger partial charge on any atom is -0.456 e. The van der Waals surface area contributed by atoms with Crippen molar-refractivity contribution in [2.24, 2.45) is 11.3 Å². The molecule has 0 aliphatic heterocycles. The van der Waals surface area contributed by atoms with Gasteiger partial charge in [0.25, 0.3) is 0 Å². The summed E-state index contributed by atoms with van der Waals surface area (Å²) >= 11 is 0. The highest BCUT2D eigenvalue weighted by atomic mass is 16.3. The molecule has 2 aromatic carbocycles. The van der Waals surface area contributed by atoms with Crippen LogP contribution in [0.5, 0.6) is 0 Å². The Kier molecular flexibility index (Phi) is 3.79. The van der Waals surface area contributed by atoms with Gasteiger partial charge in [-0.05, 0) is 61.3 Å². The molecule has 1 aromatic heterocycles. The van der Waals surface area contributed by atoms with E-state index in [0.29, 0.717) is 11.5 Å². The van der Waals surface area contributed by atoms with Crippen molar-refractivity contribution in [2.45, 2.75) is 52.5 Å². The van der Waals surface area contributed by atoms with Gasteiger partial charge in [-0.1, -0.05) is 39.0 Å². The third-order valence-electron chi connectivity index (χ3n) is 5.70. The van der Waals surface area contributed by atoms with E-state index in [2.05, 4.69) is 56.4 Å². The van der Waals surface area contributed by atoms with E-state index >= 15 is 0 Å². The quantitative estimate of drug-likeness (QED) is 0.575. The van der Waals surface area contributed by atoms with E-state index in [9.17, 15) is 0 Å². The summed E-state index contributed by atoms with van der Waals surface area (Å²) in [4.78, 5) is 0. The van der Waals surface area contributed by atoms with E-state index in [4.69, 9.17) is 4.42 Å². The second-order valence-corrected chi connectivity index (χ2v) is 8.37. The van der Waals surface area contributed by atoms with Gasteiger partial charge in [-0.25, -0.2) is 0 Å². The van der Waals surface area contributed by atoms with Crippen LogP contribution < -0.4 is 5.32 Å². The van der Waals surface area contributed by atoms with Gasteiger partial charge in [0.05, 0.1) is 0 Å². The lowest BCUT2D eigenvalue weighted by Crippen LogP contribution is -2.31. The molecule has 1 aliphatic carbocycles. The average molecular weight is 321 g/mol. The molecule has 0 amide bonds. The van der Waals surface area contributed by atoms with Crippen molar-refractivity contribution in [3.05, 3.63) is 42.5 Å². The van der Waals surface area contributed by atoms with E-state index < -0.39 is 0 Å². The molecule has 4 rings (SSSR count). The van der Waals surface area contributed by atoms with Crippen LogP contribution >= 0.6 is 0 Å². The van der Waals surface area contributed by atoms with Crippen molar-refractivity contribution in [3.8, 4) is 0 Å². The van der Waals surface area contributed by atoms with E-state index in [1.54, 1.807) is 0 Å². The predicted molar refractivity (Wildman–Crippen MR) is 103 cm³/mol. The highest BCUT2D eigenvalue weighted by Gasteiger charge is 2.29. The number of hydrogen-bond acceptors (Lipinski definition) is 2. The molecule has 126 valence electrons. The third kappa shape index (κ3) is 2.90. The van der Waals surface area contributed by atoms with Gasteiger partial charge in [-0.2, -0.15) is 0 Å². The lowest BCUT2D eigenvalue weighted by Gasteiger charge is -2.37. The van der Waals surface area contributed by atoms with Crippen molar-refractivity contribution in [1.29, 1.82) is 0 Å². The van der Waals surface area contributed by atoms with E-state index in [1.165, 1.54) is 42.1 Å². The standard InChI is InChI=1S/C22H27NO/c1-22(2,3)15-8-10-16(11-9-15)23-17-12-13-21-19(14-17)18-6-4-5-7-20(18)24-21/h4-7,12-16,23H,8-11H2,1-3H3. The smallest absolute Gasteiger partial charge is 0.135 e. The van der Waals surface area contributed by atoms with Gasteiger partial charge in [0.15, 0.2) is 0 Å². The summed E-state index contributed by atoms with van der Waals surface area (Å²) < 4.78 is 5.92. The van der Waals surface area contributed by atoms with Gasteiger partial charge in [-0.3, -0.25) is 0 Å². The topological polar surface area (TPSA) is 25.2 Å². The Hall–Kier alpha value is -1.96. The maximum absolute atomic E-state index is 5.92. The Bertz CT molecular complexity index is 847. The lowest BCUT2D eigenvalue weighted by molar-refractivity contribution is 0.173. The fourth-order valence-electron chi connectivity index (χ4n) is 4.16. The van der Waals surface area contributed by atoms with Crippen molar-refractivity contribution >= 4 is 27.6 Å². The largest absolute Gasteiger partial charge is 0.456 e. The van der Waals surface area contributed by atoms with Crippen LogP contribution in [0, 0.1) is 11.3 Å². The average Bonchev–Trinajstić information content (AvgIpc) is 2.93. The molecule has 0 bridgehead atoms. The molecule has 0 radical (unpaired) electrons. The van der Waals surface area contributed by atoms with Gasteiger partial charge >= 0.3 is 0 Å². The molecule has 2 heteroatoms. The van der Waals surface area contributed by atoms with Crippen LogP contribution in [0.4, 0.5) is 5.69 Å². The number of para-hydroxylation sites is 1. The summed E-state index contributed by atoms with van der Waals surface area (Å²) in [5.74, 6) is 0.857. The molecule has 0 spiro atoms. The van der Waals surface area contributed by atoms with Gasteiger partial charge in [0, 0.05) is 22.5 Å². The van der Waals surface area contributed by atoms with Gasteiger partial charge in [0.2, 0.25) is 0 Å². The summed E-state index contributed by atoms with van der Waals surface area (Å²) in [5.41, 5.74) is 3.60. The van der Waals surface area contributed by atoms with E-state index in [-0.39, 0.29) is 0 Å². The van der Waals surface area contributed by atoms with Crippen LogP contribution in [0.3, 0.4) is 0 Å². The molecule has 1 N–H and O–H groups in total. The Morgan fingerprint density at radius 2 is 1.58 bits per heavy atom. The summed E-state index contributed by atoms with van der Waals surface area (Å²) in [5, 5.41) is 6.17. The van der Waals surface area contributed by atoms with Crippen LogP contribution in [0.1, 0.15) is 46.5 Å². The molecular formula is C22H27NO. The summed E-state index contributed by atoms with van der Waals surface area (Å²) in [6.45, 7) is 7.14. The Morgan fingerprint density at radius 1 is 0.875 bits per heavy atom. The molecule has 3 aromatic rings. The van der Waals surface area contributed by atoms with Crippen LogP contribution in [0.15, 0.2) is 46.9 Å². The molecule has 1 heterocycles. The Labute approximate surface area is 144 Å². The van der Waals surface area contributed by atoms with Gasteiger partial charge < -0.3 is 9.73 Å². The predicted octanol–water partition coefficient (Wildman–Crippen LogP) is 6.60. The molecule has 1 aliphatic rings. The summed E-state index contributed by atoms with van der Waals surface area (Å²) in [6, 6.07) is 15.4. The zero-order valence-corrected chi connectivity index (χ0v) is 14.9. The highest BCUT2D eigenvalue weighted by Crippen LogP contribution is 2.39. The van der Waals surface area contributed by atoms with Crippen molar-refractivity contribution in [2.75, 3.05) is 5.32 Å². The van der Waals surface area contributed by atoms with Crippen LogP contribution in [0.2, 0.25) is 0 Å². The molecule has 1 fully saturated rings. The fourth-order valence-corrected chi connectivity index (χ4v) is 4.16. The molecule has 0 atom stereocenters. The van der Waals surface area contributed by atoms with Gasteiger partial charge in [0.1, 0.15) is 11.2 Å². The van der Waals surface area contributed by atoms with E-state index in [0.717, 1.165) is 17.1 Å². The molecular weight excluding hydrogens is 294 g/mol. The minimum absolute atomic E-state index is 0.444. The number of fused-ring (bicyclic) bond motifs is 3. The molecule has 0 saturated heterocycles. The number of benzene rings is 2. The first kappa shape index (κ1) is 15.6. The normalized spacial score (nSPS) is 22.1. The van der Waals surface area contributed by atoms with Crippen molar-refractivity contribution in [1.82, 2.24) is 0 Å².